The van der Waals surface area contributed by atoms with E-state index in [2.05, 4.69) is 10.6 Å². The normalized spacial score (nSPS) is 10.2. The molecule has 1 amide bonds. The molecule has 26 heavy (non-hydrogen) atoms. The lowest BCUT2D eigenvalue weighted by atomic mass is 10.0. The van der Waals surface area contributed by atoms with E-state index >= 15 is 0 Å². The van der Waals surface area contributed by atoms with Gasteiger partial charge in [-0.15, -0.1) is 0 Å². The second-order valence-corrected chi connectivity index (χ2v) is 6.53. The topological polar surface area (TPSA) is 41.1 Å². The van der Waals surface area contributed by atoms with Crippen LogP contribution >= 0.6 is 12.2 Å². The highest BCUT2D eigenvalue weighted by Crippen LogP contribution is 2.20. The predicted molar refractivity (Wildman–Crippen MR) is 111 cm³/mol. The van der Waals surface area contributed by atoms with Crippen LogP contribution in [0.25, 0.3) is 11.1 Å². The van der Waals surface area contributed by atoms with Crippen molar-refractivity contribution in [2.24, 2.45) is 0 Å². The maximum Gasteiger partial charge on any atom is 0.257 e. The number of anilines is 1. The summed E-state index contributed by atoms with van der Waals surface area (Å²) in [5, 5.41) is 6.15. The van der Waals surface area contributed by atoms with Gasteiger partial charge in [0.2, 0.25) is 0 Å². The van der Waals surface area contributed by atoms with Crippen LogP contribution < -0.4 is 10.6 Å². The molecule has 0 radical (unpaired) electrons. The zero-order valence-corrected chi connectivity index (χ0v) is 15.6. The number of amides is 1. The Hall–Kier alpha value is -2.98. The van der Waals surface area contributed by atoms with E-state index in [0.717, 1.165) is 27.9 Å². The van der Waals surface area contributed by atoms with Gasteiger partial charge in [-0.3, -0.25) is 10.1 Å². The first-order valence-corrected chi connectivity index (χ1v) is 8.79. The van der Waals surface area contributed by atoms with Crippen LogP contribution in [0.5, 0.6) is 0 Å². The SMILES string of the molecule is Cc1cccc(C)c1NC(=S)NC(=O)c1ccc(-c2ccccc2)cc1. The summed E-state index contributed by atoms with van der Waals surface area (Å²) in [7, 11) is 0. The van der Waals surface area contributed by atoms with Crippen LogP contribution in [0.3, 0.4) is 0 Å². The van der Waals surface area contributed by atoms with Gasteiger partial charge in [0.15, 0.2) is 5.11 Å². The first-order chi connectivity index (χ1) is 12.5. The number of hydrogen-bond acceptors (Lipinski definition) is 2. The average Bonchev–Trinajstić information content (AvgIpc) is 2.66. The maximum absolute atomic E-state index is 12.4. The van der Waals surface area contributed by atoms with Gasteiger partial charge in [-0.25, -0.2) is 0 Å². The Morgan fingerprint density at radius 1 is 0.769 bits per heavy atom. The lowest BCUT2D eigenvalue weighted by molar-refractivity contribution is 0.0978. The Morgan fingerprint density at radius 2 is 1.35 bits per heavy atom. The molecule has 0 saturated carbocycles. The van der Waals surface area contributed by atoms with Gasteiger partial charge in [-0.1, -0.05) is 60.7 Å². The second-order valence-electron chi connectivity index (χ2n) is 6.12. The number of carbonyl (C=O) groups excluding carboxylic acids is 1. The number of aryl methyl sites for hydroxylation is 2. The third-order valence-corrected chi connectivity index (χ3v) is 4.41. The van der Waals surface area contributed by atoms with Gasteiger partial charge in [0.05, 0.1) is 0 Å². The van der Waals surface area contributed by atoms with E-state index in [-0.39, 0.29) is 5.91 Å². The molecule has 0 aliphatic carbocycles. The fourth-order valence-corrected chi connectivity index (χ4v) is 2.97. The van der Waals surface area contributed by atoms with Crippen molar-refractivity contribution in [2.75, 3.05) is 5.32 Å². The third-order valence-electron chi connectivity index (χ3n) is 4.20. The summed E-state index contributed by atoms with van der Waals surface area (Å²) in [5.74, 6) is -0.228. The summed E-state index contributed by atoms with van der Waals surface area (Å²) in [6.07, 6.45) is 0. The number of hydrogen-bond donors (Lipinski definition) is 2. The van der Waals surface area contributed by atoms with Crippen LogP contribution in [0.1, 0.15) is 21.5 Å². The van der Waals surface area contributed by atoms with Crippen molar-refractivity contribution < 1.29 is 4.79 Å². The van der Waals surface area contributed by atoms with Crippen molar-refractivity contribution in [2.45, 2.75) is 13.8 Å². The maximum atomic E-state index is 12.4. The van der Waals surface area contributed by atoms with E-state index in [1.54, 1.807) is 12.1 Å². The van der Waals surface area contributed by atoms with Crippen LogP contribution in [-0.2, 0) is 0 Å². The molecule has 3 aromatic rings. The molecule has 2 N–H and O–H groups in total. The minimum Gasteiger partial charge on any atom is -0.332 e. The summed E-state index contributed by atoms with van der Waals surface area (Å²) < 4.78 is 0. The molecule has 4 heteroatoms. The molecule has 0 aromatic heterocycles. The molecule has 0 unspecified atom stereocenters. The van der Waals surface area contributed by atoms with Gasteiger partial charge in [-0.2, -0.15) is 0 Å². The molecule has 0 spiro atoms. The Labute approximate surface area is 159 Å². The lowest BCUT2D eigenvalue weighted by Gasteiger charge is -2.14. The fraction of sp³-hybridized carbons (Fsp3) is 0.0909. The van der Waals surface area contributed by atoms with Crippen LogP contribution in [0.4, 0.5) is 5.69 Å². The molecule has 0 atom stereocenters. The molecular weight excluding hydrogens is 340 g/mol. The largest absolute Gasteiger partial charge is 0.332 e. The van der Waals surface area contributed by atoms with Crippen molar-refractivity contribution in [3.8, 4) is 11.1 Å². The van der Waals surface area contributed by atoms with E-state index in [0.29, 0.717) is 10.7 Å². The molecule has 0 aliphatic rings. The van der Waals surface area contributed by atoms with Crippen LogP contribution in [0.2, 0.25) is 0 Å². The Kier molecular flexibility index (Phi) is 5.44. The monoisotopic (exact) mass is 360 g/mol. The third kappa shape index (κ3) is 4.16. The van der Waals surface area contributed by atoms with Gasteiger partial charge < -0.3 is 5.32 Å². The summed E-state index contributed by atoms with van der Waals surface area (Å²) >= 11 is 5.29. The molecule has 3 aromatic carbocycles. The average molecular weight is 360 g/mol. The number of thiocarbonyl (C=S) groups is 1. The van der Waals surface area contributed by atoms with Gasteiger partial charge in [0.1, 0.15) is 0 Å². The smallest absolute Gasteiger partial charge is 0.257 e. The van der Waals surface area contributed by atoms with Crippen molar-refractivity contribution >= 4 is 28.9 Å². The number of para-hydroxylation sites is 1. The van der Waals surface area contributed by atoms with Crippen molar-refractivity contribution in [1.29, 1.82) is 0 Å². The predicted octanol–water partition coefficient (Wildman–Crippen LogP) is 5.10. The first kappa shape index (κ1) is 17.8. The van der Waals surface area contributed by atoms with Crippen LogP contribution in [0, 0.1) is 13.8 Å². The zero-order valence-electron chi connectivity index (χ0n) is 14.7. The van der Waals surface area contributed by atoms with E-state index < -0.39 is 0 Å². The number of rotatable bonds is 3. The summed E-state index contributed by atoms with van der Waals surface area (Å²) in [5.41, 5.74) is 5.83. The minimum absolute atomic E-state index is 0.228. The second kappa shape index (κ2) is 7.93. The van der Waals surface area contributed by atoms with Crippen molar-refractivity contribution in [3.63, 3.8) is 0 Å². The number of nitrogens with one attached hydrogen (secondary N) is 2. The highest BCUT2D eigenvalue weighted by atomic mass is 32.1. The van der Waals surface area contributed by atoms with Gasteiger partial charge >= 0.3 is 0 Å². The molecule has 130 valence electrons. The molecule has 0 aliphatic heterocycles. The summed E-state index contributed by atoms with van der Waals surface area (Å²) in [4.78, 5) is 12.4. The van der Waals surface area contributed by atoms with Gasteiger partial charge in [0, 0.05) is 11.3 Å². The highest BCUT2D eigenvalue weighted by Gasteiger charge is 2.10. The van der Waals surface area contributed by atoms with E-state index in [1.165, 1.54) is 0 Å². The zero-order chi connectivity index (χ0) is 18.5. The molecule has 0 saturated heterocycles. The Morgan fingerprint density at radius 3 is 1.96 bits per heavy atom. The van der Waals surface area contributed by atoms with Crippen LogP contribution in [0.15, 0.2) is 72.8 Å². The lowest BCUT2D eigenvalue weighted by Crippen LogP contribution is -2.34. The Bertz CT molecular complexity index is 914. The van der Waals surface area contributed by atoms with E-state index in [1.807, 2.05) is 74.5 Å². The van der Waals surface area contributed by atoms with Crippen molar-refractivity contribution in [1.82, 2.24) is 5.32 Å². The minimum atomic E-state index is -0.228. The summed E-state index contributed by atoms with van der Waals surface area (Å²) in [6, 6.07) is 23.5. The quantitative estimate of drug-likeness (QED) is 0.639. The van der Waals surface area contributed by atoms with Gasteiger partial charge in [0.25, 0.3) is 5.91 Å². The number of benzene rings is 3. The highest BCUT2D eigenvalue weighted by molar-refractivity contribution is 7.80. The van der Waals surface area contributed by atoms with Crippen LogP contribution in [-0.4, -0.2) is 11.0 Å². The molecule has 3 nitrogen and oxygen atoms in total. The van der Waals surface area contributed by atoms with E-state index in [9.17, 15) is 4.79 Å². The molecule has 3 rings (SSSR count). The number of carbonyl (C=O) groups is 1. The molecule has 0 bridgehead atoms. The molecule has 0 fully saturated rings. The van der Waals surface area contributed by atoms with Gasteiger partial charge in [-0.05, 0) is 60.5 Å². The summed E-state index contributed by atoms with van der Waals surface area (Å²) in [6.45, 7) is 4.00. The first-order valence-electron chi connectivity index (χ1n) is 8.38. The Balaban J connectivity index is 1.67. The molecule has 0 heterocycles. The van der Waals surface area contributed by atoms with Crippen molar-refractivity contribution in [3.05, 3.63) is 89.5 Å². The standard InChI is InChI=1S/C22H20N2OS/c1-15-7-6-8-16(2)20(15)23-22(26)24-21(25)19-13-11-18(12-14-19)17-9-4-3-5-10-17/h3-14H,1-2H3,(H2,23,24,25,26). The molecular formula is C22H20N2OS. The van der Waals surface area contributed by atoms with E-state index in [4.69, 9.17) is 12.2 Å². The fourth-order valence-electron chi connectivity index (χ4n) is 2.78.